The Labute approximate surface area is 193 Å². The van der Waals surface area contributed by atoms with E-state index in [2.05, 4.69) is 22.8 Å². The number of hydrogen-bond donors (Lipinski definition) is 2. The average Bonchev–Trinajstić information content (AvgIpc) is 3.30. The fourth-order valence-electron chi connectivity index (χ4n) is 3.46. The summed E-state index contributed by atoms with van der Waals surface area (Å²) in [6.07, 6.45) is 2.44. The number of aryl methyl sites for hydroxylation is 2. The van der Waals surface area contributed by atoms with E-state index in [1.54, 1.807) is 37.5 Å². The molecule has 5 nitrogen and oxygen atoms in total. The molecular weight excluding hydrogens is 420 g/mol. The molecule has 0 aliphatic rings. The van der Waals surface area contributed by atoms with Crippen LogP contribution >= 0.6 is 11.3 Å². The third-order valence-corrected chi connectivity index (χ3v) is 6.01. The third-order valence-electron chi connectivity index (χ3n) is 5.19. The molecule has 2 N–H and O–H groups in total. The molecular formula is C26H28N2O3S. The maximum atomic E-state index is 13.2. The summed E-state index contributed by atoms with van der Waals surface area (Å²) in [5, 5.41) is 7.81. The molecule has 0 aliphatic heterocycles. The largest absolute Gasteiger partial charge is 0.497 e. The Morgan fingerprint density at radius 1 is 1.09 bits per heavy atom. The van der Waals surface area contributed by atoms with Crippen molar-refractivity contribution in [3.05, 3.63) is 92.8 Å². The van der Waals surface area contributed by atoms with Crippen LogP contribution in [0.2, 0.25) is 0 Å². The first-order chi connectivity index (χ1) is 15.4. The molecule has 1 unspecified atom stereocenters. The summed E-state index contributed by atoms with van der Waals surface area (Å²) >= 11 is 1.50. The molecule has 0 spiro atoms. The lowest BCUT2D eigenvalue weighted by Gasteiger charge is -2.21. The van der Waals surface area contributed by atoms with E-state index < -0.39 is 0 Å². The van der Waals surface area contributed by atoms with Crippen LogP contribution in [0, 0.1) is 13.8 Å². The van der Waals surface area contributed by atoms with Crippen molar-refractivity contribution in [3.8, 4) is 5.75 Å². The number of benzene rings is 2. The summed E-state index contributed by atoms with van der Waals surface area (Å²) in [6, 6.07) is 16.6. The number of carbonyl (C=O) groups is 2. The Bertz CT molecular complexity index is 1100. The van der Waals surface area contributed by atoms with E-state index in [-0.39, 0.29) is 23.6 Å². The highest BCUT2D eigenvalue weighted by Gasteiger charge is 2.20. The minimum atomic E-state index is -0.356. The van der Waals surface area contributed by atoms with Gasteiger partial charge in [0, 0.05) is 10.4 Å². The smallest absolute Gasteiger partial charge is 0.268 e. The lowest BCUT2D eigenvalue weighted by Crippen LogP contribution is -2.37. The maximum absolute atomic E-state index is 13.2. The van der Waals surface area contributed by atoms with Crippen LogP contribution in [-0.4, -0.2) is 18.9 Å². The zero-order valence-electron chi connectivity index (χ0n) is 18.8. The lowest BCUT2D eigenvalue weighted by molar-refractivity contribution is -0.118. The van der Waals surface area contributed by atoms with Crippen molar-refractivity contribution in [2.24, 2.45) is 0 Å². The predicted molar refractivity (Wildman–Crippen MR) is 130 cm³/mol. The van der Waals surface area contributed by atoms with E-state index in [4.69, 9.17) is 4.74 Å². The molecule has 32 heavy (non-hydrogen) atoms. The second-order valence-electron chi connectivity index (χ2n) is 7.55. The van der Waals surface area contributed by atoms with Crippen LogP contribution in [0.5, 0.6) is 5.75 Å². The van der Waals surface area contributed by atoms with E-state index in [1.807, 2.05) is 44.4 Å². The zero-order chi connectivity index (χ0) is 23.1. The van der Waals surface area contributed by atoms with Gasteiger partial charge in [0.25, 0.3) is 11.8 Å². The van der Waals surface area contributed by atoms with Crippen LogP contribution in [0.3, 0.4) is 0 Å². The van der Waals surface area contributed by atoms with Gasteiger partial charge in [-0.15, -0.1) is 11.3 Å². The summed E-state index contributed by atoms with van der Waals surface area (Å²) in [6.45, 7) is 6.13. The Morgan fingerprint density at radius 2 is 1.84 bits per heavy atom. The van der Waals surface area contributed by atoms with Gasteiger partial charge in [0.1, 0.15) is 11.4 Å². The van der Waals surface area contributed by atoms with Gasteiger partial charge in [0.05, 0.1) is 13.2 Å². The van der Waals surface area contributed by atoms with Gasteiger partial charge in [0.15, 0.2) is 0 Å². The molecule has 1 aromatic heterocycles. The number of amides is 2. The minimum Gasteiger partial charge on any atom is -0.497 e. The third kappa shape index (κ3) is 5.86. The van der Waals surface area contributed by atoms with Gasteiger partial charge in [-0.2, -0.15) is 0 Å². The SMILES string of the molecule is CCC(NC(=O)/C(=C/c1cccs1)NC(=O)c1ccc(OC)cc1)c1ccc(C)cc1C. The summed E-state index contributed by atoms with van der Waals surface area (Å²) in [5.41, 5.74) is 4.03. The first-order valence-electron chi connectivity index (χ1n) is 10.5. The van der Waals surface area contributed by atoms with Crippen LogP contribution in [0.25, 0.3) is 6.08 Å². The average molecular weight is 449 g/mol. The standard InChI is InChI=1S/C26H28N2O3S/c1-5-23(22-13-8-17(2)15-18(22)3)27-26(30)24(16-21-7-6-14-32-21)28-25(29)19-9-11-20(31-4)12-10-19/h6-16,23H,5H2,1-4H3,(H,27,30)(H,28,29)/b24-16-. The van der Waals surface area contributed by atoms with Gasteiger partial charge in [0.2, 0.25) is 0 Å². The van der Waals surface area contributed by atoms with Crippen molar-refractivity contribution in [3.63, 3.8) is 0 Å². The Balaban J connectivity index is 1.84. The molecule has 0 radical (unpaired) electrons. The molecule has 1 atom stereocenters. The normalized spacial score (nSPS) is 12.2. The van der Waals surface area contributed by atoms with Gasteiger partial charge in [-0.1, -0.05) is 36.8 Å². The Hall–Kier alpha value is -3.38. The molecule has 6 heteroatoms. The quantitative estimate of drug-likeness (QED) is 0.453. The number of rotatable bonds is 8. The highest BCUT2D eigenvalue weighted by atomic mass is 32.1. The molecule has 0 fully saturated rings. The van der Waals surface area contributed by atoms with E-state index in [0.29, 0.717) is 11.3 Å². The number of hydrogen-bond acceptors (Lipinski definition) is 4. The fraction of sp³-hybridized carbons (Fsp3) is 0.231. The van der Waals surface area contributed by atoms with Crippen LogP contribution < -0.4 is 15.4 Å². The molecule has 2 aromatic carbocycles. The summed E-state index contributed by atoms with van der Waals surface area (Å²) in [4.78, 5) is 27.0. The number of thiophene rings is 1. The van der Waals surface area contributed by atoms with Gasteiger partial charge < -0.3 is 15.4 Å². The predicted octanol–water partition coefficient (Wildman–Crippen LogP) is 5.41. The summed E-state index contributed by atoms with van der Waals surface area (Å²) < 4.78 is 5.15. The highest BCUT2D eigenvalue weighted by Crippen LogP contribution is 2.22. The van der Waals surface area contributed by atoms with Crippen molar-refractivity contribution in [2.45, 2.75) is 33.2 Å². The maximum Gasteiger partial charge on any atom is 0.268 e. The second kappa shape index (κ2) is 10.8. The monoisotopic (exact) mass is 448 g/mol. The van der Waals surface area contributed by atoms with Crippen molar-refractivity contribution < 1.29 is 14.3 Å². The molecule has 166 valence electrons. The van der Waals surface area contributed by atoms with Gasteiger partial charge in [-0.3, -0.25) is 9.59 Å². The number of nitrogens with one attached hydrogen (secondary N) is 2. The number of carbonyl (C=O) groups excluding carboxylic acids is 2. The van der Waals surface area contributed by atoms with E-state index in [1.165, 1.54) is 16.9 Å². The molecule has 0 aliphatic carbocycles. The molecule has 3 rings (SSSR count). The topological polar surface area (TPSA) is 67.4 Å². The van der Waals surface area contributed by atoms with Gasteiger partial charge in [-0.25, -0.2) is 0 Å². The Morgan fingerprint density at radius 3 is 2.44 bits per heavy atom. The van der Waals surface area contributed by atoms with E-state index in [9.17, 15) is 9.59 Å². The van der Waals surface area contributed by atoms with Crippen LogP contribution in [0.15, 0.2) is 65.7 Å². The van der Waals surface area contributed by atoms with Crippen molar-refractivity contribution in [1.29, 1.82) is 0 Å². The molecule has 0 bridgehead atoms. The molecule has 2 amide bonds. The van der Waals surface area contributed by atoms with Gasteiger partial charge in [-0.05, 0) is 73.2 Å². The van der Waals surface area contributed by atoms with Crippen LogP contribution in [-0.2, 0) is 4.79 Å². The highest BCUT2D eigenvalue weighted by molar-refractivity contribution is 7.10. The number of ether oxygens (including phenoxy) is 1. The van der Waals surface area contributed by atoms with Crippen LogP contribution in [0.4, 0.5) is 0 Å². The Kier molecular flexibility index (Phi) is 7.84. The first kappa shape index (κ1) is 23.3. The zero-order valence-corrected chi connectivity index (χ0v) is 19.6. The molecule has 3 aromatic rings. The fourth-order valence-corrected chi connectivity index (χ4v) is 4.12. The molecule has 0 saturated heterocycles. The summed E-state index contributed by atoms with van der Waals surface area (Å²) in [5.74, 6) is -0.0230. The number of methoxy groups -OCH3 is 1. The van der Waals surface area contributed by atoms with Crippen molar-refractivity contribution in [2.75, 3.05) is 7.11 Å². The molecule has 0 saturated carbocycles. The second-order valence-corrected chi connectivity index (χ2v) is 8.53. The minimum absolute atomic E-state index is 0.160. The van der Waals surface area contributed by atoms with Crippen molar-refractivity contribution in [1.82, 2.24) is 10.6 Å². The van der Waals surface area contributed by atoms with Crippen LogP contribution in [0.1, 0.15) is 51.3 Å². The summed E-state index contributed by atoms with van der Waals surface area (Å²) in [7, 11) is 1.57. The van der Waals surface area contributed by atoms with Gasteiger partial charge >= 0.3 is 0 Å². The first-order valence-corrected chi connectivity index (χ1v) is 11.4. The lowest BCUT2D eigenvalue weighted by atomic mass is 9.97. The van der Waals surface area contributed by atoms with E-state index in [0.717, 1.165) is 22.4 Å². The van der Waals surface area contributed by atoms with E-state index >= 15 is 0 Å². The molecule has 1 heterocycles. The van der Waals surface area contributed by atoms with Crippen molar-refractivity contribution >= 4 is 29.2 Å².